The fourth-order valence-electron chi connectivity index (χ4n) is 2.56. The van der Waals surface area contributed by atoms with Crippen molar-refractivity contribution in [3.63, 3.8) is 0 Å². The van der Waals surface area contributed by atoms with Gasteiger partial charge < -0.3 is 9.88 Å². The zero-order chi connectivity index (χ0) is 20.5. The van der Waals surface area contributed by atoms with E-state index >= 15 is 0 Å². The first-order valence-electron chi connectivity index (χ1n) is 8.25. The third-order valence-corrected chi connectivity index (χ3v) is 4.95. The Hall–Kier alpha value is -2.94. The topological polar surface area (TPSA) is 64.0 Å². The summed E-state index contributed by atoms with van der Waals surface area (Å²) in [4.78, 5) is 28.4. The standard InChI is InChI=1S/C19H16F3N3O2S/c1-11-5-6-13(8-12(11)2)15-10-28-18(23-15)24-16(26)9-25-7-3-4-14(17(25)27)19(20,21)22/h3-8,10H,9H2,1-2H3,(H,23,24,26). The van der Waals surface area contributed by atoms with Crippen molar-refractivity contribution in [3.05, 3.63) is 69.0 Å². The molecule has 0 aliphatic carbocycles. The van der Waals surface area contributed by atoms with Gasteiger partial charge in [-0.1, -0.05) is 12.1 Å². The summed E-state index contributed by atoms with van der Waals surface area (Å²) in [5, 5.41) is 4.60. The summed E-state index contributed by atoms with van der Waals surface area (Å²) in [6.07, 6.45) is -3.63. The second-order valence-corrected chi connectivity index (χ2v) is 7.10. The minimum absolute atomic E-state index is 0.304. The Kier molecular flexibility index (Phi) is 5.37. The molecule has 28 heavy (non-hydrogen) atoms. The van der Waals surface area contributed by atoms with Gasteiger partial charge in [0.05, 0.1) is 5.69 Å². The lowest BCUT2D eigenvalue weighted by atomic mass is 10.1. The number of amides is 1. The molecule has 0 fully saturated rings. The van der Waals surface area contributed by atoms with Gasteiger partial charge >= 0.3 is 6.18 Å². The number of halogens is 3. The van der Waals surface area contributed by atoms with Crippen LogP contribution in [0, 0.1) is 13.8 Å². The van der Waals surface area contributed by atoms with Crippen LogP contribution < -0.4 is 10.9 Å². The molecule has 0 aliphatic heterocycles. The highest BCUT2D eigenvalue weighted by Crippen LogP contribution is 2.27. The molecule has 0 spiro atoms. The number of benzene rings is 1. The van der Waals surface area contributed by atoms with E-state index in [1.807, 2.05) is 32.0 Å². The molecule has 1 amide bonds. The van der Waals surface area contributed by atoms with Crippen LogP contribution in [0.3, 0.4) is 0 Å². The number of hydrogen-bond donors (Lipinski definition) is 1. The molecular formula is C19H16F3N3O2S. The maximum Gasteiger partial charge on any atom is 0.421 e. The van der Waals surface area contributed by atoms with Crippen LogP contribution in [0.2, 0.25) is 0 Å². The lowest BCUT2D eigenvalue weighted by Crippen LogP contribution is -2.31. The Morgan fingerprint density at radius 1 is 1.21 bits per heavy atom. The SMILES string of the molecule is Cc1ccc(-c2csc(NC(=O)Cn3cccc(C(F)(F)F)c3=O)n2)cc1C. The van der Waals surface area contributed by atoms with Crippen molar-refractivity contribution in [3.8, 4) is 11.3 Å². The van der Waals surface area contributed by atoms with Gasteiger partial charge in [0.1, 0.15) is 12.1 Å². The third-order valence-electron chi connectivity index (χ3n) is 4.19. The number of aryl methyl sites for hydroxylation is 2. The first-order valence-corrected chi connectivity index (χ1v) is 9.13. The van der Waals surface area contributed by atoms with Gasteiger partial charge in [-0.3, -0.25) is 9.59 Å². The van der Waals surface area contributed by atoms with Crippen molar-refractivity contribution in [2.24, 2.45) is 0 Å². The number of nitrogens with zero attached hydrogens (tertiary/aromatic N) is 2. The number of nitrogens with one attached hydrogen (secondary N) is 1. The van der Waals surface area contributed by atoms with Crippen LogP contribution in [-0.4, -0.2) is 15.5 Å². The maximum absolute atomic E-state index is 12.8. The van der Waals surface area contributed by atoms with Crippen LogP contribution in [-0.2, 0) is 17.5 Å². The Morgan fingerprint density at radius 2 is 1.96 bits per heavy atom. The van der Waals surface area contributed by atoms with E-state index in [1.54, 1.807) is 5.38 Å². The summed E-state index contributed by atoms with van der Waals surface area (Å²) in [5.74, 6) is -0.637. The fourth-order valence-corrected chi connectivity index (χ4v) is 3.29. The largest absolute Gasteiger partial charge is 0.421 e. The molecule has 5 nitrogen and oxygen atoms in total. The molecule has 0 aliphatic rings. The first-order chi connectivity index (χ1) is 13.1. The number of aromatic nitrogens is 2. The number of alkyl halides is 3. The van der Waals surface area contributed by atoms with Crippen LogP contribution in [0.4, 0.5) is 18.3 Å². The van der Waals surface area contributed by atoms with E-state index in [2.05, 4.69) is 10.3 Å². The molecule has 0 bridgehead atoms. The van der Waals surface area contributed by atoms with E-state index in [1.165, 1.54) is 11.3 Å². The molecule has 0 unspecified atom stereocenters. The average Bonchev–Trinajstić information content (AvgIpc) is 3.06. The van der Waals surface area contributed by atoms with Crippen LogP contribution in [0.25, 0.3) is 11.3 Å². The molecule has 0 saturated carbocycles. The summed E-state index contributed by atoms with van der Waals surface area (Å²) in [7, 11) is 0. The molecule has 0 radical (unpaired) electrons. The normalized spacial score (nSPS) is 11.5. The van der Waals surface area contributed by atoms with E-state index < -0.39 is 29.8 Å². The summed E-state index contributed by atoms with van der Waals surface area (Å²) < 4.78 is 39.1. The van der Waals surface area contributed by atoms with E-state index in [4.69, 9.17) is 0 Å². The second kappa shape index (κ2) is 7.59. The Morgan fingerprint density at radius 3 is 2.64 bits per heavy atom. The molecule has 1 aromatic carbocycles. The Labute approximate surface area is 162 Å². The number of hydrogen-bond acceptors (Lipinski definition) is 4. The van der Waals surface area contributed by atoms with Crippen molar-refractivity contribution in [2.45, 2.75) is 26.6 Å². The van der Waals surface area contributed by atoms with Gasteiger partial charge in [0.2, 0.25) is 5.91 Å². The number of thiazole rings is 1. The highest BCUT2D eigenvalue weighted by molar-refractivity contribution is 7.14. The number of anilines is 1. The number of carbonyl (C=O) groups is 1. The molecule has 2 aromatic heterocycles. The predicted molar refractivity (Wildman–Crippen MR) is 101 cm³/mol. The zero-order valence-electron chi connectivity index (χ0n) is 15.0. The molecule has 0 atom stereocenters. The molecule has 9 heteroatoms. The lowest BCUT2D eigenvalue weighted by Gasteiger charge is -2.09. The quantitative estimate of drug-likeness (QED) is 0.703. The minimum atomic E-state index is -4.77. The molecule has 146 valence electrons. The van der Waals surface area contributed by atoms with E-state index in [0.29, 0.717) is 16.9 Å². The number of carbonyl (C=O) groups excluding carboxylic acids is 1. The molecule has 0 saturated heterocycles. The van der Waals surface area contributed by atoms with Gasteiger partial charge in [-0.2, -0.15) is 13.2 Å². The van der Waals surface area contributed by atoms with Crippen molar-refractivity contribution in [1.29, 1.82) is 0 Å². The maximum atomic E-state index is 12.8. The van der Waals surface area contributed by atoms with Crippen molar-refractivity contribution >= 4 is 22.4 Å². The van der Waals surface area contributed by atoms with Crippen LogP contribution >= 0.6 is 11.3 Å². The first kappa shape index (κ1) is 19.8. The van der Waals surface area contributed by atoms with Crippen molar-refractivity contribution in [2.75, 3.05) is 5.32 Å². The highest BCUT2D eigenvalue weighted by Gasteiger charge is 2.34. The van der Waals surface area contributed by atoms with E-state index in [-0.39, 0.29) is 0 Å². The third kappa shape index (κ3) is 4.30. The van der Waals surface area contributed by atoms with Crippen LogP contribution in [0.5, 0.6) is 0 Å². The number of pyridine rings is 1. The molecule has 2 heterocycles. The van der Waals surface area contributed by atoms with Gasteiger partial charge in [0.25, 0.3) is 5.56 Å². The van der Waals surface area contributed by atoms with Gasteiger partial charge in [-0.05, 0) is 43.2 Å². The van der Waals surface area contributed by atoms with Crippen LogP contribution in [0.1, 0.15) is 16.7 Å². The predicted octanol–water partition coefficient (Wildman–Crippen LogP) is 4.25. The molecule has 3 aromatic rings. The highest BCUT2D eigenvalue weighted by atomic mass is 32.1. The smallest absolute Gasteiger partial charge is 0.306 e. The second-order valence-electron chi connectivity index (χ2n) is 6.24. The molecular weight excluding hydrogens is 391 g/mol. The minimum Gasteiger partial charge on any atom is -0.306 e. The summed E-state index contributed by atoms with van der Waals surface area (Å²) in [6, 6.07) is 7.65. The van der Waals surface area contributed by atoms with Crippen molar-refractivity contribution < 1.29 is 18.0 Å². The molecule has 3 rings (SSSR count). The summed E-state index contributed by atoms with van der Waals surface area (Å²) in [5.41, 5.74) is 1.27. The number of rotatable bonds is 4. The lowest BCUT2D eigenvalue weighted by molar-refractivity contribution is -0.139. The van der Waals surface area contributed by atoms with E-state index in [9.17, 15) is 22.8 Å². The van der Waals surface area contributed by atoms with Gasteiger partial charge in [-0.15, -0.1) is 11.3 Å². The average molecular weight is 407 g/mol. The van der Waals surface area contributed by atoms with Crippen LogP contribution in [0.15, 0.2) is 46.7 Å². The zero-order valence-corrected chi connectivity index (χ0v) is 15.8. The Balaban J connectivity index is 1.74. The van der Waals surface area contributed by atoms with Gasteiger partial charge in [0.15, 0.2) is 5.13 Å². The van der Waals surface area contributed by atoms with Gasteiger partial charge in [0, 0.05) is 17.1 Å². The summed E-state index contributed by atoms with van der Waals surface area (Å²) in [6.45, 7) is 3.45. The van der Waals surface area contributed by atoms with E-state index in [0.717, 1.165) is 33.5 Å². The van der Waals surface area contributed by atoms with Crippen molar-refractivity contribution in [1.82, 2.24) is 9.55 Å². The fraction of sp³-hybridized carbons (Fsp3) is 0.211. The monoisotopic (exact) mass is 407 g/mol. The molecule has 1 N–H and O–H groups in total. The van der Waals surface area contributed by atoms with Gasteiger partial charge in [-0.25, -0.2) is 4.98 Å². The Bertz CT molecular complexity index is 1090. The summed E-state index contributed by atoms with van der Waals surface area (Å²) >= 11 is 1.19.